The van der Waals surface area contributed by atoms with Crippen molar-refractivity contribution in [3.63, 3.8) is 0 Å². The van der Waals surface area contributed by atoms with Gasteiger partial charge in [0.15, 0.2) is 6.10 Å². The normalized spacial score (nSPS) is 20.4. The van der Waals surface area contributed by atoms with Crippen molar-refractivity contribution in [3.8, 4) is 0 Å². The van der Waals surface area contributed by atoms with Crippen LogP contribution < -0.4 is 0 Å². The Bertz CT molecular complexity index is 193. The molecule has 0 bridgehead atoms. The molecule has 86 valence electrons. The van der Waals surface area contributed by atoms with Crippen molar-refractivity contribution >= 4 is 0 Å². The molecule has 0 aliphatic heterocycles. The van der Waals surface area contributed by atoms with Gasteiger partial charge in [-0.3, -0.25) is 0 Å². The average Bonchev–Trinajstić information content (AvgIpc) is 1.80. The van der Waals surface area contributed by atoms with Gasteiger partial charge < -0.3 is 9.84 Å². The lowest BCUT2D eigenvalue weighted by molar-refractivity contribution is -0.389. The first-order chi connectivity index (χ1) is 5.88. The van der Waals surface area contributed by atoms with Crippen LogP contribution >= 0.6 is 0 Å². The first kappa shape index (κ1) is 13.5. The van der Waals surface area contributed by atoms with Crippen LogP contribution in [-0.2, 0) is 4.74 Å². The van der Waals surface area contributed by atoms with Gasteiger partial charge in [-0.25, -0.2) is 0 Å². The second-order valence-corrected chi connectivity index (χ2v) is 2.78. The summed E-state index contributed by atoms with van der Waals surface area (Å²) >= 11 is 0. The van der Waals surface area contributed by atoms with Gasteiger partial charge in [-0.1, -0.05) is 0 Å². The van der Waals surface area contributed by atoms with Crippen molar-refractivity contribution in [1.29, 1.82) is 0 Å². The molecule has 1 N–H and O–H groups in total. The van der Waals surface area contributed by atoms with Crippen molar-refractivity contribution < 1.29 is 36.2 Å². The summed E-state index contributed by atoms with van der Waals surface area (Å²) in [6.45, 7) is 0.482. The number of ether oxygens (including phenoxy) is 1. The molecule has 0 rings (SSSR count). The van der Waals surface area contributed by atoms with Crippen LogP contribution in [0.5, 0.6) is 0 Å². The third kappa shape index (κ3) is 3.33. The minimum absolute atomic E-state index is 0.106. The van der Waals surface area contributed by atoms with E-state index in [1.165, 1.54) is 0 Å². The minimum atomic E-state index is -5.27. The van der Waals surface area contributed by atoms with Gasteiger partial charge in [-0.15, -0.1) is 0 Å². The molecule has 0 saturated heterocycles. The quantitative estimate of drug-likeness (QED) is 0.577. The molecule has 0 spiro atoms. The predicted molar refractivity (Wildman–Crippen MR) is 33.3 cm³/mol. The number of halogens is 6. The van der Waals surface area contributed by atoms with E-state index in [4.69, 9.17) is 5.11 Å². The van der Waals surface area contributed by atoms with E-state index in [9.17, 15) is 26.3 Å². The molecular formula is C6H8F6O2. The fourth-order valence-electron chi connectivity index (χ4n) is 0.478. The van der Waals surface area contributed by atoms with E-state index < -0.39 is 24.2 Å². The maximum absolute atomic E-state index is 11.8. The van der Waals surface area contributed by atoms with Gasteiger partial charge >= 0.3 is 12.4 Å². The zero-order valence-corrected chi connectivity index (χ0v) is 7.20. The molecule has 2 atom stereocenters. The molecule has 0 aromatic heterocycles. The Labute approximate surface area is 75.5 Å². The van der Waals surface area contributed by atoms with E-state index in [1.807, 2.05) is 0 Å². The Hall–Kier alpha value is -0.500. The second-order valence-electron chi connectivity index (χ2n) is 2.78. The van der Waals surface area contributed by atoms with Gasteiger partial charge in [-0.05, 0) is 13.8 Å². The van der Waals surface area contributed by atoms with Gasteiger partial charge in [0, 0.05) is 0 Å². The summed E-state index contributed by atoms with van der Waals surface area (Å²) in [6, 6.07) is 0. The minimum Gasteiger partial charge on any atom is -0.359 e. The topological polar surface area (TPSA) is 29.5 Å². The number of alkyl halides is 6. The van der Waals surface area contributed by atoms with Gasteiger partial charge in [0.25, 0.3) is 5.79 Å². The van der Waals surface area contributed by atoms with Crippen molar-refractivity contribution in [2.24, 2.45) is 0 Å². The standard InChI is InChI=1S/C6H8F6O2/c1-3(5(7,8)9)14-4(2,13)6(10,11)12/h3,13H,1-2H3. The first-order valence-corrected chi connectivity index (χ1v) is 3.41. The summed E-state index contributed by atoms with van der Waals surface area (Å²) < 4.78 is 74.3. The molecule has 0 aromatic rings. The summed E-state index contributed by atoms with van der Waals surface area (Å²) in [7, 11) is 0. The van der Waals surface area contributed by atoms with Crippen LogP contribution in [0.3, 0.4) is 0 Å². The van der Waals surface area contributed by atoms with Gasteiger partial charge in [0.1, 0.15) is 0 Å². The molecule has 0 fully saturated rings. The molecule has 8 heteroatoms. The Morgan fingerprint density at radius 2 is 1.43 bits per heavy atom. The first-order valence-electron chi connectivity index (χ1n) is 3.41. The van der Waals surface area contributed by atoms with E-state index >= 15 is 0 Å². The molecule has 0 amide bonds. The van der Waals surface area contributed by atoms with Gasteiger partial charge in [0.2, 0.25) is 0 Å². The molecule has 0 aromatic carbocycles. The largest absolute Gasteiger partial charge is 0.442 e. The van der Waals surface area contributed by atoms with Crippen LogP contribution in [0.1, 0.15) is 13.8 Å². The van der Waals surface area contributed by atoms with E-state index in [0.717, 1.165) is 0 Å². The van der Waals surface area contributed by atoms with Crippen molar-refractivity contribution in [3.05, 3.63) is 0 Å². The molecule has 0 heterocycles. The lowest BCUT2D eigenvalue weighted by Crippen LogP contribution is -2.49. The smallest absolute Gasteiger partial charge is 0.359 e. The van der Waals surface area contributed by atoms with E-state index in [2.05, 4.69) is 4.74 Å². The molecular weight excluding hydrogens is 218 g/mol. The molecule has 0 aliphatic rings. The lowest BCUT2D eigenvalue weighted by atomic mass is 10.3. The predicted octanol–water partition coefficient (Wildman–Crippen LogP) is 2.22. The van der Waals surface area contributed by atoms with E-state index in [0.29, 0.717) is 6.92 Å². The lowest BCUT2D eigenvalue weighted by Gasteiger charge is -2.30. The molecule has 0 aliphatic carbocycles. The summed E-state index contributed by atoms with van der Waals surface area (Å²) in [5.74, 6) is -3.80. The van der Waals surface area contributed by atoms with Gasteiger partial charge in [-0.2, -0.15) is 26.3 Å². The summed E-state index contributed by atoms with van der Waals surface area (Å²) in [5.41, 5.74) is 0. The SMILES string of the molecule is CC(OC(C)(O)C(F)(F)F)C(F)(F)F. The molecule has 2 unspecified atom stereocenters. The fraction of sp³-hybridized carbons (Fsp3) is 1.00. The highest BCUT2D eigenvalue weighted by Crippen LogP contribution is 2.35. The zero-order chi connectivity index (χ0) is 11.8. The second kappa shape index (κ2) is 3.58. The maximum atomic E-state index is 11.8. The van der Waals surface area contributed by atoms with Crippen molar-refractivity contribution in [2.45, 2.75) is 38.1 Å². The molecule has 0 radical (unpaired) electrons. The highest BCUT2D eigenvalue weighted by molar-refractivity contribution is 4.74. The van der Waals surface area contributed by atoms with Crippen LogP contribution in [0.2, 0.25) is 0 Å². The average molecular weight is 226 g/mol. The van der Waals surface area contributed by atoms with Crippen LogP contribution in [0.15, 0.2) is 0 Å². The van der Waals surface area contributed by atoms with E-state index in [-0.39, 0.29) is 6.92 Å². The van der Waals surface area contributed by atoms with Crippen molar-refractivity contribution in [2.75, 3.05) is 0 Å². The highest BCUT2D eigenvalue weighted by atomic mass is 19.4. The van der Waals surface area contributed by atoms with Crippen LogP contribution in [-0.4, -0.2) is 29.4 Å². The molecule has 14 heavy (non-hydrogen) atoms. The third-order valence-corrected chi connectivity index (χ3v) is 1.39. The number of hydrogen-bond acceptors (Lipinski definition) is 2. The summed E-state index contributed by atoms with van der Waals surface area (Å²) in [4.78, 5) is 0. The fourth-order valence-corrected chi connectivity index (χ4v) is 0.478. The zero-order valence-electron chi connectivity index (χ0n) is 7.20. The Morgan fingerprint density at radius 1 is 1.07 bits per heavy atom. The molecule has 2 nitrogen and oxygen atoms in total. The summed E-state index contributed by atoms with van der Waals surface area (Å²) in [5, 5.41) is 8.54. The monoisotopic (exact) mass is 226 g/mol. The van der Waals surface area contributed by atoms with Crippen LogP contribution in [0.25, 0.3) is 0 Å². The van der Waals surface area contributed by atoms with Crippen LogP contribution in [0.4, 0.5) is 26.3 Å². The Balaban J connectivity index is 4.53. The molecule has 0 saturated carbocycles. The number of hydrogen-bond donors (Lipinski definition) is 1. The highest BCUT2D eigenvalue weighted by Gasteiger charge is 2.55. The number of rotatable bonds is 2. The maximum Gasteiger partial charge on any atom is 0.442 e. The summed E-state index contributed by atoms with van der Waals surface area (Å²) in [6.07, 6.45) is -12.9. The van der Waals surface area contributed by atoms with E-state index in [1.54, 1.807) is 0 Å². The van der Waals surface area contributed by atoms with Gasteiger partial charge in [0.05, 0.1) is 0 Å². The van der Waals surface area contributed by atoms with Crippen molar-refractivity contribution in [1.82, 2.24) is 0 Å². The van der Waals surface area contributed by atoms with Crippen LogP contribution in [0, 0.1) is 0 Å². The Kier molecular flexibility index (Phi) is 3.45. The Morgan fingerprint density at radius 3 is 1.64 bits per heavy atom. The number of aliphatic hydroxyl groups is 1. The third-order valence-electron chi connectivity index (χ3n) is 1.39.